The maximum Gasteiger partial charge on any atom is 0.245 e. The van der Waals surface area contributed by atoms with Gasteiger partial charge >= 0.3 is 0 Å². The quantitative estimate of drug-likeness (QED) is 0.533. The zero-order valence-electron chi connectivity index (χ0n) is 15.7. The van der Waals surface area contributed by atoms with Gasteiger partial charge in [0.25, 0.3) is 0 Å². The normalized spacial score (nSPS) is 11.3. The first kappa shape index (κ1) is 17.9. The van der Waals surface area contributed by atoms with Crippen molar-refractivity contribution in [3.05, 3.63) is 47.0 Å². The number of carbonyl (C=O) groups is 1. The van der Waals surface area contributed by atoms with Gasteiger partial charge in [-0.1, -0.05) is 46.9 Å². The lowest BCUT2D eigenvalue weighted by Crippen LogP contribution is -2.29. The minimum absolute atomic E-state index is 0.0955. The number of para-hydroxylation sites is 1. The van der Waals surface area contributed by atoms with Gasteiger partial charge in [-0.2, -0.15) is 0 Å². The Labute approximate surface area is 165 Å². The van der Waals surface area contributed by atoms with E-state index in [1.165, 1.54) is 21.6 Å². The number of benzene rings is 2. The molecule has 2 aromatic heterocycles. The fourth-order valence-corrected chi connectivity index (χ4v) is 5.03. The zero-order chi connectivity index (χ0) is 19.1. The Morgan fingerprint density at radius 3 is 2.48 bits per heavy atom. The molecule has 1 N–H and O–H groups in total. The lowest BCUT2D eigenvalue weighted by molar-refractivity contribution is -0.114. The summed E-state index contributed by atoms with van der Waals surface area (Å²) < 4.78 is 2.26. The van der Waals surface area contributed by atoms with E-state index in [1.54, 1.807) is 11.3 Å². The van der Waals surface area contributed by atoms with Crippen molar-refractivity contribution >= 4 is 59.3 Å². The lowest BCUT2D eigenvalue weighted by atomic mass is 10.1. The number of hydrogen-bond acceptors (Lipinski definition) is 6. The Balaban J connectivity index is 1.51. The number of carbonyl (C=O) groups excluding carboxylic acids is 1. The Morgan fingerprint density at radius 1 is 1.00 bits per heavy atom. The second-order valence-electron chi connectivity index (χ2n) is 6.72. The third kappa shape index (κ3) is 3.40. The number of anilines is 2. The molecule has 0 bridgehead atoms. The summed E-state index contributed by atoms with van der Waals surface area (Å²) in [5.74, 6) is -0.0955. The first-order chi connectivity index (χ1) is 12.9. The number of likely N-dealkylation sites (N-methyl/N-ethyl adjacent to an activating group) is 1. The monoisotopic (exact) mass is 396 g/mol. The molecule has 27 heavy (non-hydrogen) atoms. The Hall–Kier alpha value is -2.51. The van der Waals surface area contributed by atoms with Crippen molar-refractivity contribution in [3.8, 4) is 0 Å². The molecule has 7 heteroatoms. The summed E-state index contributed by atoms with van der Waals surface area (Å²) in [7, 11) is 1.89. The van der Waals surface area contributed by atoms with E-state index >= 15 is 0 Å². The third-order valence-corrected chi connectivity index (χ3v) is 6.75. The predicted molar refractivity (Wildman–Crippen MR) is 115 cm³/mol. The minimum atomic E-state index is -0.0955. The van der Waals surface area contributed by atoms with Crippen LogP contribution in [0.2, 0.25) is 0 Å². The highest BCUT2D eigenvalue weighted by molar-refractivity contribution is 7.22. The Kier molecular flexibility index (Phi) is 4.57. The van der Waals surface area contributed by atoms with Gasteiger partial charge in [0.05, 0.1) is 27.0 Å². The van der Waals surface area contributed by atoms with Crippen LogP contribution in [0.1, 0.15) is 16.7 Å². The summed E-state index contributed by atoms with van der Waals surface area (Å²) in [6.45, 7) is 6.41. The van der Waals surface area contributed by atoms with Crippen molar-refractivity contribution in [2.45, 2.75) is 20.8 Å². The van der Waals surface area contributed by atoms with E-state index in [4.69, 9.17) is 4.98 Å². The molecule has 0 spiro atoms. The van der Waals surface area contributed by atoms with Gasteiger partial charge in [-0.05, 0) is 43.5 Å². The molecule has 0 aliphatic heterocycles. The maximum atomic E-state index is 12.5. The van der Waals surface area contributed by atoms with E-state index in [0.717, 1.165) is 32.0 Å². The lowest BCUT2D eigenvalue weighted by Gasteiger charge is -2.14. The molecule has 2 aromatic carbocycles. The summed E-state index contributed by atoms with van der Waals surface area (Å²) in [6, 6.07) is 10.3. The van der Waals surface area contributed by atoms with Gasteiger partial charge in [0.2, 0.25) is 5.91 Å². The summed E-state index contributed by atoms with van der Waals surface area (Å²) in [5, 5.41) is 4.40. The van der Waals surface area contributed by atoms with Crippen LogP contribution in [0, 0.1) is 20.8 Å². The van der Waals surface area contributed by atoms with Crippen LogP contribution in [-0.2, 0) is 4.79 Å². The largest absolute Gasteiger partial charge is 0.342 e. The first-order valence-corrected chi connectivity index (χ1v) is 10.3. The number of aryl methyl sites for hydroxylation is 3. The average molecular weight is 397 g/mol. The van der Waals surface area contributed by atoms with Crippen LogP contribution in [0.25, 0.3) is 20.4 Å². The molecule has 0 aliphatic rings. The number of rotatable bonds is 4. The molecular weight excluding hydrogens is 376 g/mol. The van der Waals surface area contributed by atoms with Crippen LogP contribution in [0.4, 0.5) is 10.3 Å². The van der Waals surface area contributed by atoms with Crippen molar-refractivity contribution in [2.24, 2.45) is 0 Å². The number of hydrogen-bond donors (Lipinski definition) is 1. The van der Waals surface area contributed by atoms with Crippen LogP contribution < -0.4 is 10.2 Å². The molecule has 0 aliphatic carbocycles. The van der Waals surface area contributed by atoms with Crippen LogP contribution >= 0.6 is 22.7 Å². The van der Waals surface area contributed by atoms with Crippen LogP contribution in [-0.4, -0.2) is 29.5 Å². The van der Waals surface area contributed by atoms with E-state index in [1.807, 2.05) is 37.1 Å². The Bertz CT molecular complexity index is 1120. The van der Waals surface area contributed by atoms with E-state index < -0.39 is 0 Å². The molecular formula is C20H20N4OS2. The van der Waals surface area contributed by atoms with Gasteiger partial charge in [-0.15, -0.1) is 0 Å². The molecule has 4 aromatic rings. The highest BCUT2D eigenvalue weighted by atomic mass is 32.1. The molecule has 5 nitrogen and oxygen atoms in total. The number of amides is 1. The van der Waals surface area contributed by atoms with E-state index in [9.17, 15) is 4.79 Å². The average Bonchev–Trinajstić information content (AvgIpc) is 3.24. The molecule has 0 saturated heterocycles. The topological polar surface area (TPSA) is 58.1 Å². The second-order valence-corrected chi connectivity index (χ2v) is 8.73. The number of fused-ring (bicyclic) bond motifs is 2. The molecule has 2 heterocycles. The molecule has 0 fully saturated rings. The van der Waals surface area contributed by atoms with Crippen LogP contribution in [0.5, 0.6) is 0 Å². The summed E-state index contributed by atoms with van der Waals surface area (Å²) in [6.07, 6.45) is 0. The highest BCUT2D eigenvalue weighted by Gasteiger charge is 2.15. The van der Waals surface area contributed by atoms with Gasteiger partial charge in [0.15, 0.2) is 10.3 Å². The van der Waals surface area contributed by atoms with Gasteiger partial charge < -0.3 is 10.2 Å². The molecule has 0 saturated carbocycles. The highest BCUT2D eigenvalue weighted by Crippen LogP contribution is 2.32. The zero-order valence-corrected chi connectivity index (χ0v) is 17.3. The first-order valence-electron chi connectivity index (χ1n) is 8.66. The maximum absolute atomic E-state index is 12.5. The van der Waals surface area contributed by atoms with E-state index in [0.29, 0.717) is 5.13 Å². The molecule has 0 radical (unpaired) electrons. The molecule has 4 rings (SSSR count). The van der Waals surface area contributed by atoms with Crippen molar-refractivity contribution in [1.82, 2.24) is 9.97 Å². The number of thiazole rings is 2. The minimum Gasteiger partial charge on any atom is -0.342 e. The van der Waals surface area contributed by atoms with Crippen molar-refractivity contribution in [2.75, 3.05) is 23.8 Å². The van der Waals surface area contributed by atoms with Crippen molar-refractivity contribution in [1.29, 1.82) is 0 Å². The van der Waals surface area contributed by atoms with Crippen LogP contribution in [0.3, 0.4) is 0 Å². The van der Waals surface area contributed by atoms with Crippen molar-refractivity contribution < 1.29 is 4.79 Å². The molecule has 1 amide bonds. The van der Waals surface area contributed by atoms with Gasteiger partial charge in [-0.25, -0.2) is 9.97 Å². The van der Waals surface area contributed by atoms with E-state index in [2.05, 4.69) is 36.3 Å². The van der Waals surface area contributed by atoms with Crippen molar-refractivity contribution in [3.63, 3.8) is 0 Å². The third-order valence-electron chi connectivity index (χ3n) is 4.51. The summed E-state index contributed by atoms with van der Waals surface area (Å²) >= 11 is 3.12. The van der Waals surface area contributed by atoms with Gasteiger partial charge in [0.1, 0.15) is 0 Å². The fraction of sp³-hybridized carbons (Fsp3) is 0.250. The smallest absolute Gasteiger partial charge is 0.245 e. The standard InChI is InChI=1S/C20H20N4OS2/c1-11-6-5-7-14-16(11)22-19(26-14)21-15(25)10-24(4)20-23-17-12(2)8-9-13(3)18(17)27-20/h5-9H,10H2,1-4H3,(H,21,22,25). The fourth-order valence-electron chi connectivity index (χ4n) is 2.99. The number of nitrogens with zero attached hydrogens (tertiary/aromatic N) is 3. The van der Waals surface area contributed by atoms with Crippen LogP contribution in [0.15, 0.2) is 30.3 Å². The SMILES string of the molecule is Cc1cccc2sc(NC(=O)CN(C)c3nc4c(C)ccc(C)c4s3)nc12. The number of nitrogens with one attached hydrogen (secondary N) is 1. The molecule has 0 atom stereocenters. The summed E-state index contributed by atoms with van der Waals surface area (Å²) in [5.41, 5.74) is 5.44. The second kappa shape index (κ2) is 6.90. The molecule has 0 unspecified atom stereocenters. The van der Waals surface area contributed by atoms with E-state index in [-0.39, 0.29) is 12.5 Å². The van der Waals surface area contributed by atoms with Gasteiger partial charge in [0, 0.05) is 7.05 Å². The number of aromatic nitrogens is 2. The summed E-state index contributed by atoms with van der Waals surface area (Å²) in [4.78, 5) is 23.7. The predicted octanol–water partition coefficient (Wildman–Crippen LogP) is 4.91. The Morgan fingerprint density at radius 2 is 1.74 bits per heavy atom. The molecule has 138 valence electrons. The van der Waals surface area contributed by atoms with Gasteiger partial charge in [-0.3, -0.25) is 4.79 Å².